The van der Waals surface area contributed by atoms with Crippen molar-refractivity contribution in [1.82, 2.24) is 4.72 Å². The zero-order chi connectivity index (χ0) is 28.2. The van der Waals surface area contributed by atoms with Gasteiger partial charge in [-0.15, -0.1) is 4.40 Å². The van der Waals surface area contributed by atoms with Gasteiger partial charge >= 0.3 is 33.3 Å². The van der Waals surface area contributed by atoms with E-state index in [1.807, 2.05) is 6.92 Å². The molecule has 0 saturated heterocycles. The number of aryl methyl sites for hydroxylation is 1. The summed E-state index contributed by atoms with van der Waals surface area (Å²) >= 11 is 0. The van der Waals surface area contributed by atoms with Crippen molar-refractivity contribution in [1.29, 1.82) is 0 Å². The fraction of sp³-hybridized carbons (Fsp3) is 0.632. The molecule has 0 saturated carbocycles. The van der Waals surface area contributed by atoms with E-state index in [2.05, 4.69) is 4.40 Å². The molecule has 0 bridgehead atoms. The molecule has 0 radical (unpaired) electrons. The number of unbranched alkanes of at least 4 members (excludes halogenated alkanes) is 4. The Kier molecular flexibility index (Phi) is 9.90. The van der Waals surface area contributed by atoms with Crippen LogP contribution in [0.15, 0.2) is 33.6 Å². The number of amidine groups is 1. The molecule has 6 nitrogen and oxygen atoms in total. The minimum Gasteiger partial charge on any atom is -0.265 e. The fourth-order valence-corrected chi connectivity index (χ4v) is 4.79. The molecule has 0 heterocycles. The summed E-state index contributed by atoms with van der Waals surface area (Å²) in [6.07, 6.45) is -5.87. The average Bonchev–Trinajstić information content (AvgIpc) is 2.72. The van der Waals surface area contributed by atoms with Gasteiger partial charge in [0.25, 0.3) is 10.0 Å². The summed E-state index contributed by atoms with van der Waals surface area (Å²) in [5.74, 6) is -16.3. The third-order valence-electron chi connectivity index (χ3n) is 4.77. The van der Waals surface area contributed by atoms with Crippen LogP contribution in [0.25, 0.3) is 0 Å². The summed E-state index contributed by atoms with van der Waals surface area (Å²) in [5, 5.41) is -7.03. The number of hydrogen-bond donors (Lipinski definition) is 1. The summed E-state index contributed by atoms with van der Waals surface area (Å²) in [5.41, 5.74) is 0.585. The van der Waals surface area contributed by atoms with E-state index in [0.717, 1.165) is 18.6 Å². The highest BCUT2D eigenvalue weighted by atomic mass is 32.2. The molecule has 0 amide bonds. The van der Waals surface area contributed by atoms with Crippen molar-refractivity contribution in [2.24, 2.45) is 4.40 Å². The van der Waals surface area contributed by atoms with Crippen LogP contribution < -0.4 is 4.72 Å². The summed E-state index contributed by atoms with van der Waals surface area (Å²) in [4.78, 5) is -0.559. The maximum Gasteiger partial charge on any atom is 0.460 e. The Balaban J connectivity index is 3.47. The number of nitrogens with zero attached hydrogens (tertiary/aromatic N) is 1. The quantitative estimate of drug-likeness (QED) is 0.147. The summed E-state index contributed by atoms with van der Waals surface area (Å²) in [6.45, 7) is 3.41. The lowest BCUT2D eigenvalue weighted by molar-refractivity contribution is -0.382. The second-order valence-electron chi connectivity index (χ2n) is 7.76. The highest BCUT2D eigenvalue weighted by molar-refractivity contribution is 7.92. The van der Waals surface area contributed by atoms with E-state index in [0.29, 0.717) is 23.1 Å². The predicted octanol–water partition coefficient (Wildman–Crippen LogP) is 5.79. The van der Waals surface area contributed by atoms with Gasteiger partial charge in [-0.05, 0) is 25.5 Å². The Bertz CT molecular complexity index is 1130. The molecular weight excluding hydrogens is 555 g/mol. The van der Waals surface area contributed by atoms with Crippen molar-refractivity contribution in [3.63, 3.8) is 0 Å². The molecule has 17 heteroatoms. The zero-order valence-corrected chi connectivity index (χ0v) is 20.5. The van der Waals surface area contributed by atoms with Crippen molar-refractivity contribution in [2.45, 2.75) is 80.5 Å². The minimum absolute atomic E-state index is 0.106. The Morgan fingerprint density at radius 3 is 1.78 bits per heavy atom. The Morgan fingerprint density at radius 1 is 0.806 bits per heavy atom. The average molecular weight is 579 g/mol. The van der Waals surface area contributed by atoms with E-state index < -0.39 is 60.5 Å². The van der Waals surface area contributed by atoms with E-state index in [1.54, 1.807) is 6.92 Å². The maximum absolute atomic E-state index is 14.1. The fourth-order valence-electron chi connectivity index (χ4n) is 2.67. The lowest BCUT2D eigenvalue weighted by Gasteiger charge is -2.33. The molecule has 1 aromatic carbocycles. The van der Waals surface area contributed by atoms with Crippen LogP contribution in [0.5, 0.6) is 0 Å². The van der Waals surface area contributed by atoms with Gasteiger partial charge in [0.2, 0.25) is 0 Å². The van der Waals surface area contributed by atoms with Crippen molar-refractivity contribution in [2.75, 3.05) is 0 Å². The number of hydrogen-bond acceptors (Lipinski definition) is 4. The number of nitrogens with one attached hydrogen (secondary N) is 1. The van der Waals surface area contributed by atoms with Crippen LogP contribution in [0.4, 0.5) is 39.5 Å². The van der Waals surface area contributed by atoms with Crippen molar-refractivity contribution >= 4 is 25.9 Å². The number of alkyl halides is 9. The van der Waals surface area contributed by atoms with Gasteiger partial charge in [-0.25, -0.2) is 0 Å². The lowest BCUT2D eigenvalue weighted by atomic mass is 10.1. The number of rotatable bonds is 12. The number of sulfonamides is 2. The van der Waals surface area contributed by atoms with Gasteiger partial charge < -0.3 is 0 Å². The third kappa shape index (κ3) is 6.83. The second kappa shape index (κ2) is 11.1. The van der Waals surface area contributed by atoms with Gasteiger partial charge in [0, 0.05) is 6.42 Å². The van der Waals surface area contributed by atoms with E-state index in [1.165, 1.54) is 12.1 Å². The monoisotopic (exact) mass is 578 g/mol. The molecule has 0 aliphatic carbocycles. The topological polar surface area (TPSA) is 92.7 Å². The smallest absolute Gasteiger partial charge is 0.265 e. The van der Waals surface area contributed by atoms with Crippen molar-refractivity contribution < 1.29 is 56.3 Å². The molecular formula is C19H23F9N2O4S2. The van der Waals surface area contributed by atoms with E-state index in [4.69, 9.17) is 0 Å². The van der Waals surface area contributed by atoms with Gasteiger partial charge in [-0.1, -0.05) is 50.3 Å². The molecule has 0 fully saturated rings. The van der Waals surface area contributed by atoms with Crippen LogP contribution in [0, 0.1) is 6.92 Å². The molecule has 0 spiro atoms. The Hall–Kier alpha value is -2.04. The van der Waals surface area contributed by atoms with Crippen LogP contribution in [0.2, 0.25) is 0 Å². The first-order valence-corrected chi connectivity index (χ1v) is 13.2. The summed E-state index contributed by atoms with van der Waals surface area (Å²) in [7, 11) is -11.9. The zero-order valence-electron chi connectivity index (χ0n) is 18.9. The maximum atomic E-state index is 14.1. The summed E-state index contributed by atoms with van der Waals surface area (Å²) in [6, 6.07) is 4.61. The molecule has 208 valence electrons. The Morgan fingerprint density at radius 2 is 1.31 bits per heavy atom. The molecule has 0 aliphatic heterocycles. The lowest BCUT2D eigenvalue weighted by Crippen LogP contribution is -2.65. The molecule has 0 aliphatic rings. The van der Waals surface area contributed by atoms with Gasteiger partial charge in [0.1, 0.15) is 5.84 Å². The molecule has 36 heavy (non-hydrogen) atoms. The standard InChI is InChI=1S/C19H23F9N2O4S2/c1-3-4-5-6-7-8-15(29-35(31,32)14-11-9-13(2)10-12-14)30-36(33,34)19(27,28)17(22,23)16(20,21)18(24,25)26/h9-12H,3-8H2,1-2H3,(H,29,30). The van der Waals surface area contributed by atoms with Gasteiger partial charge in [-0.2, -0.15) is 56.3 Å². The SMILES string of the molecule is CCCCCCC/C(=N/S(=O)(=O)c1ccc(C)cc1)NS(=O)(=O)C(F)(F)C(F)(F)C(F)(F)C(F)(F)F. The molecule has 1 aromatic rings. The van der Waals surface area contributed by atoms with Crippen molar-refractivity contribution in [3.8, 4) is 0 Å². The number of halogens is 9. The number of benzene rings is 1. The van der Waals surface area contributed by atoms with E-state index in [-0.39, 0.29) is 12.8 Å². The van der Waals surface area contributed by atoms with E-state index >= 15 is 0 Å². The summed E-state index contributed by atoms with van der Waals surface area (Å²) < 4.78 is 171. The second-order valence-corrected chi connectivity index (χ2v) is 11.1. The normalized spacial score (nSPS) is 14.7. The third-order valence-corrected chi connectivity index (χ3v) is 7.54. The van der Waals surface area contributed by atoms with Crippen LogP contribution >= 0.6 is 0 Å². The largest absolute Gasteiger partial charge is 0.460 e. The first kappa shape index (κ1) is 32.0. The van der Waals surface area contributed by atoms with Gasteiger partial charge in [0.05, 0.1) is 4.90 Å². The van der Waals surface area contributed by atoms with Gasteiger partial charge in [0.15, 0.2) is 0 Å². The molecule has 0 aromatic heterocycles. The molecule has 1 rings (SSSR count). The van der Waals surface area contributed by atoms with Gasteiger partial charge in [-0.3, -0.25) is 4.72 Å². The van der Waals surface area contributed by atoms with Crippen LogP contribution in [0.1, 0.15) is 51.0 Å². The predicted molar refractivity (Wildman–Crippen MR) is 112 cm³/mol. The van der Waals surface area contributed by atoms with Crippen LogP contribution in [0.3, 0.4) is 0 Å². The minimum atomic E-state index is -7.47. The molecule has 0 unspecified atom stereocenters. The van der Waals surface area contributed by atoms with E-state index in [9.17, 15) is 56.3 Å². The van der Waals surface area contributed by atoms with Crippen LogP contribution in [-0.2, 0) is 20.0 Å². The highest BCUT2D eigenvalue weighted by Crippen LogP contribution is 2.54. The first-order valence-electron chi connectivity index (χ1n) is 10.3. The highest BCUT2D eigenvalue weighted by Gasteiger charge is 2.85. The first-order chi connectivity index (χ1) is 16.1. The van der Waals surface area contributed by atoms with Crippen molar-refractivity contribution in [3.05, 3.63) is 29.8 Å². The molecule has 0 atom stereocenters. The molecule has 1 N–H and O–H groups in total. The van der Waals surface area contributed by atoms with Crippen LogP contribution in [-0.4, -0.2) is 45.9 Å². The Labute approximate surface area is 202 Å².